The van der Waals surface area contributed by atoms with Crippen molar-refractivity contribution in [1.29, 1.82) is 0 Å². The molecule has 0 N–H and O–H groups in total. The van der Waals surface area contributed by atoms with Crippen molar-refractivity contribution in [2.75, 3.05) is 6.61 Å². The van der Waals surface area contributed by atoms with Crippen LogP contribution in [0.5, 0.6) is 5.75 Å². The molecule has 21 heavy (non-hydrogen) atoms. The second-order valence-corrected chi connectivity index (χ2v) is 8.45. The molecule has 3 aliphatic heterocycles. The van der Waals surface area contributed by atoms with E-state index in [1.807, 2.05) is 18.2 Å². The molecule has 0 aromatic heterocycles. The topological polar surface area (TPSA) is 43.4 Å². The van der Waals surface area contributed by atoms with Gasteiger partial charge in [0.1, 0.15) is 5.75 Å². The summed E-state index contributed by atoms with van der Waals surface area (Å²) in [6.07, 6.45) is 5.77. The van der Waals surface area contributed by atoms with Gasteiger partial charge in [-0.15, -0.1) is 0 Å². The summed E-state index contributed by atoms with van der Waals surface area (Å²) in [4.78, 5) is 12.8. The quantitative estimate of drug-likeness (QED) is 0.789. The molecule has 4 heteroatoms. The van der Waals surface area contributed by atoms with E-state index in [0.29, 0.717) is 0 Å². The number of hydrogen-bond donors (Lipinski definition) is 0. The van der Waals surface area contributed by atoms with Crippen molar-refractivity contribution in [1.82, 2.24) is 0 Å². The van der Waals surface area contributed by atoms with E-state index in [0.717, 1.165) is 55.6 Å². The van der Waals surface area contributed by atoms with Crippen LogP contribution in [0.3, 0.4) is 0 Å². The van der Waals surface area contributed by atoms with Gasteiger partial charge in [0.05, 0.1) is 6.61 Å². The predicted molar refractivity (Wildman–Crippen MR) is 82.3 cm³/mol. The predicted octanol–water partition coefficient (Wildman–Crippen LogP) is 2.88. The van der Waals surface area contributed by atoms with Crippen molar-refractivity contribution in [2.24, 2.45) is 5.92 Å². The molecule has 0 spiro atoms. The molecule has 2 saturated heterocycles. The first-order valence-electron chi connectivity index (χ1n) is 7.91. The zero-order valence-corrected chi connectivity index (χ0v) is 12.9. The first kappa shape index (κ1) is 13.5. The van der Waals surface area contributed by atoms with Gasteiger partial charge in [-0.1, -0.05) is 6.42 Å². The van der Waals surface area contributed by atoms with E-state index in [4.69, 9.17) is 4.74 Å². The third-order valence-electron chi connectivity index (χ3n) is 5.15. The molecule has 2 fully saturated rings. The van der Waals surface area contributed by atoms with Gasteiger partial charge in [-0.3, -0.25) is 9.00 Å². The monoisotopic (exact) mass is 304 g/mol. The fourth-order valence-corrected chi connectivity index (χ4v) is 6.21. The summed E-state index contributed by atoms with van der Waals surface area (Å²) in [6, 6.07) is 5.83. The summed E-state index contributed by atoms with van der Waals surface area (Å²) in [5.41, 5.74) is 1.97. The van der Waals surface area contributed by atoms with Crippen molar-refractivity contribution in [3.8, 4) is 5.75 Å². The van der Waals surface area contributed by atoms with E-state index >= 15 is 0 Å². The highest BCUT2D eigenvalue weighted by atomic mass is 32.2. The third-order valence-corrected chi connectivity index (χ3v) is 7.32. The van der Waals surface area contributed by atoms with Gasteiger partial charge in [0.2, 0.25) is 0 Å². The Balaban J connectivity index is 1.56. The molecule has 2 bridgehead atoms. The maximum Gasteiger partial charge on any atom is 0.166 e. The smallest absolute Gasteiger partial charge is 0.166 e. The second kappa shape index (κ2) is 5.24. The highest BCUT2D eigenvalue weighted by Gasteiger charge is 2.40. The number of ether oxygens (including phenoxy) is 1. The molecule has 4 rings (SSSR count). The Kier molecular flexibility index (Phi) is 3.37. The van der Waals surface area contributed by atoms with Crippen molar-refractivity contribution < 1.29 is 13.7 Å². The lowest BCUT2D eigenvalue weighted by Crippen LogP contribution is -2.41. The zero-order valence-electron chi connectivity index (χ0n) is 12.0. The van der Waals surface area contributed by atoms with Crippen LogP contribution >= 0.6 is 0 Å². The second-order valence-electron chi connectivity index (χ2n) is 6.46. The summed E-state index contributed by atoms with van der Waals surface area (Å²) in [6.45, 7) is 0.722. The van der Waals surface area contributed by atoms with Crippen LogP contribution in [0.1, 0.15) is 48.0 Å². The van der Waals surface area contributed by atoms with Crippen LogP contribution in [-0.4, -0.2) is 27.1 Å². The Bertz CT molecular complexity index is 594. The van der Waals surface area contributed by atoms with Crippen molar-refractivity contribution in [3.05, 3.63) is 29.3 Å². The fraction of sp³-hybridized carbons (Fsp3) is 0.588. The molecule has 1 aromatic carbocycles. The van der Waals surface area contributed by atoms with E-state index < -0.39 is 10.8 Å². The lowest BCUT2D eigenvalue weighted by atomic mass is 9.84. The minimum atomic E-state index is -0.701. The van der Waals surface area contributed by atoms with Crippen LogP contribution in [0.25, 0.3) is 0 Å². The van der Waals surface area contributed by atoms with Crippen molar-refractivity contribution in [3.63, 3.8) is 0 Å². The molecule has 3 aliphatic rings. The highest BCUT2D eigenvalue weighted by Crippen LogP contribution is 2.38. The van der Waals surface area contributed by atoms with Gasteiger partial charge < -0.3 is 4.74 Å². The highest BCUT2D eigenvalue weighted by molar-refractivity contribution is 7.86. The van der Waals surface area contributed by atoms with Crippen LogP contribution in [-0.2, 0) is 17.2 Å². The van der Waals surface area contributed by atoms with E-state index in [-0.39, 0.29) is 22.2 Å². The largest absolute Gasteiger partial charge is 0.493 e. The van der Waals surface area contributed by atoms with Gasteiger partial charge in [-0.05, 0) is 49.4 Å². The Morgan fingerprint density at radius 3 is 2.71 bits per heavy atom. The molecule has 0 aliphatic carbocycles. The first-order chi connectivity index (χ1) is 10.2. The Labute approximate surface area is 127 Å². The fourth-order valence-electron chi connectivity index (χ4n) is 4.02. The summed E-state index contributed by atoms with van der Waals surface area (Å²) >= 11 is 0. The van der Waals surface area contributed by atoms with Crippen LogP contribution in [0.4, 0.5) is 0 Å². The Morgan fingerprint density at radius 1 is 1.19 bits per heavy atom. The van der Waals surface area contributed by atoms with Gasteiger partial charge in [0.15, 0.2) is 5.78 Å². The maximum absolute atomic E-state index is 12.8. The number of carbonyl (C=O) groups is 1. The summed E-state index contributed by atoms with van der Waals surface area (Å²) < 4.78 is 17.8. The molecule has 0 saturated carbocycles. The lowest BCUT2D eigenvalue weighted by molar-refractivity contribution is 0.0895. The zero-order chi connectivity index (χ0) is 14.4. The Morgan fingerprint density at radius 2 is 1.95 bits per heavy atom. The van der Waals surface area contributed by atoms with Crippen LogP contribution < -0.4 is 4.74 Å². The van der Waals surface area contributed by atoms with E-state index in [2.05, 4.69) is 0 Å². The minimum Gasteiger partial charge on any atom is -0.493 e. The average Bonchev–Trinajstić information content (AvgIpc) is 2.93. The van der Waals surface area contributed by atoms with E-state index in [1.165, 1.54) is 6.42 Å². The molecule has 1 aromatic rings. The molecule has 0 radical (unpaired) electrons. The standard InChI is InChI=1S/C17H20O3S/c18-17(12-4-5-16-11(8-12)6-7-20-16)13-9-14-2-1-3-15(10-13)21(14)19/h4-5,8,13-15H,1-3,6-7,9-10H2. The minimum absolute atomic E-state index is 0.0679. The summed E-state index contributed by atoms with van der Waals surface area (Å²) in [5.74, 6) is 1.24. The number of benzene rings is 1. The first-order valence-corrected chi connectivity index (χ1v) is 9.19. The summed E-state index contributed by atoms with van der Waals surface area (Å²) in [7, 11) is -0.701. The number of rotatable bonds is 2. The van der Waals surface area contributed by atoms with Gasteiger partial charge >= 0.3 is 0 Å². The molecular weight excluding hydrogens is 284 g/mol. The van der Waals surface area contributed by atoms with Gasteiger partial charge in [-0.25, -0.2) is 0 Å². The molecule has 3 nitrogen and oxygen atoms in total. The SMILES string of the molecule is O=C(c1ccc2c(c1)CCO2)C1CC2CCCC(C1)S2=O. The van der Waals surface area contributed by atoms with Gasteiger partial charge in [-0.2, -0.15) is 0 Å². The molecular formula is C17H20O3S. The van der Waals surface area contributed by atoms with Crippen molar-refractivity contribution in [2.45, 2.75) is 49.0 Å². The molecule has 0 amide bonds. The average molecular weight is 304 g/mol. The number of hydrogen-bond acceptors (Lipinski definition) is 3. The van der Waals surface area contributed by atoms with Crippen LogP contribution in [0.2, 0.25) is 0 Å². The van der Waals surface area contributed by atoms with Crippen LogP contribution in [0.15, 0.2) is 18.2 Å². The van der Waals surface area contributed by atoms with Gasteiger partial charge in [0, 0.05) is 39.2 Å². The number of fused-ring (bicyclic) bond motifs is 3. The van der Waals surface area contributed by atoms with Gasteiger partial charge in [0.25, 0.3) is 0 Å². The number of Topliss-reactive ketones (excluding diaryl/α,β-unsaturated/α-hetero) is 1. The lowest BCUT2D eigenvalue weighted by Gasteiger charge is -2.37. The number of carbonyl (C=O) groups excluding carboxylic acids is 1. The molecule has 2 unspecified atom stereocenters. The molecule has 2 atom stereocenters. The number of ketones is 1. The summed E-state index contributed by atoms with van der Waals surface area (Å²) in [5, 5.41) is 0.508. The molecule has 3 heterocycles. The van der Waals surface area contributed by atoms with E-state index in [1.54, 1.807) is 0 Å². The Hall–Kier alpha value is -1.16. The van der Waals surface area contributed by atoms with Crippen LogP contribution in [0, 0.1) is 5.92 Å². The van der Waals surface area contributed by atoms with E-state index in [9.17, 15) is 9.00 Å². The normalized spacial score (nSPS) is 34.1. The van der Waals surface area contributed by atoms with Crippen molar-refractivity contribution >= 4 is 16.6 Å². The molecule has 112 valence electrons. The third kappa shape index (κ3) is 2.33. The maximum atomic E-state index is 12.8.